The number of β-amino-alcohol motifs (C(OH)–C–C–N with tert-alkyl or cyclic N) is 1. The molecule has 0 aromatic heterocycles. The van der Waals surface area contributed by atoms with Gasteiger partial charge in [0, 0.05) is 12.0 Å². The number of amides is 1. The first-order valence-corrected chi connectivity index (χ1v) is 9.28. The summed E-state index contributed by atoms with van der Waals surface area (Å²) in [7, 11) is 0. The molecular formula is C20H29NO4. The van der Waals surface area contributed by atoms with Crippen LogP contribution >= 0.6 is 0 Å². The van der Waals surface area contributed by atoms with E-state index in [1.807, 2.05) is 30.3 Å². The van der Waals surface area contributed by atoms with Gasteiger partial charge in [-0.05, 0) is 25.0 Å². The number of carbonyl (C=O) groups is 1. The molecule has 0 radical (unpaired) electrons. The van der Waals surface area contributed by atoms with Crippen LogP contribution in [0.4, 0.5) is 0 Å². The summed E-state index contributed by atoms with van der Waals surface area (Å²) in [6.07, 6.45) is 5.28. The standard InChI is InChI=1S/C20H29NO4/c1-19(10-6-3-7-11-19)18(22)21-12-13-24-15-20(23,14-21)16-25-17-8-4-2-5-9-17/h2,4-5,8-9,23H,3,6-7,10-16H2,1H3. The van der Waals surface area contributed by atoms with E-state index in [0.717, 1.165) is 25.7 Å². The van der Waals surface area contributed by atoms with Crippen molar-refractivity contribution >= 4 is 5.91 Å². The van der Waals surface area contributed by atoms with Crippen molar-refractivity contribution in [1.82, 2.24) is 4.90 Å². The van der Waals surface area contributed by atoms with Gasteiger partial charge in [0.1, 0.15) is 18.0 Å². The highest BCUT2D eigenvalue weighted by molar-refractivity contribution is 5.82. The molecule has 0 spiro atoms. The Balaban J connectivity index is 1.66. The average Bonchev–Trinajstić information content (AvgIpc) is 2.83. The number of rotatable bonds is 4. The Morgan fingerprint density at radius 1 is 1.24 bits per heavy atom. The molecule has 1 aliphatic carbocycles. The molecule has 1 atom stereocenters. The molecule has 25 heavy (non-hydrogen) atoms. The zero-order valence-electron chi connectivity index (χ0n) is 15.1. The predicted molar refractivity (Wildman–Crippen MR) is 95.5 cm³/mol. The lowest BCUT2D eigenvalue weighted by Gasteiger charge is -2.38. The van der Waals surface area contributed by atoms with E-state index >= 15 is 0 Å². The molecule has 1 N–H and O–H groups in total. The Bertz CT molecular complexity index is 570. The number of carbonyl (C=O) groups excluding carboxylic acids is 1. The van der Waals surface area contributed by atoms with Crippen LogP contribution in [-0.2, 0) is 9.53 Å². The number of hydrogen-bond donors (Lipinski definition) is 1. The van der Waals surface area contributed by atoms with Gasteiger partial charge >= 0.3 is 0 Å². The smallest absolute Gasteiger partial charge is 0.228 e. The van der Waals surface area contributed by atoms with Crippen molar-refractivity contribution in [3.8, 4) is 5.75 Å². The van der Waals surface area contributed by atoms with Gasteiger partial charge in [-0.3, -0.25) is 4.79 Å². The highest BCUT2D eigenvalue weighted by atomic mass is 16.5. The molecule has 5 heteroatoms. The van der Waals surface area contributed by atoms with Gasteiger partial charge in [-0.2, -0.15) is 0 Å². The molecule has 1 saturated carbocycles. The molecule has 1 aromatic carbocycles. The van der Waals surface area contributed by atoms with E-state index in [0.29, 0.717) is 18.9 Å². The summed E-state index contributed by atoms with van der Waals surface area (Å²) in [5.74, 6) is 0.855. The van der Waals surface area contributed by atoms with Crippen LogP contribution in [0.25, 0.3) is 0 Å². The second-order valence-electron chi connectivity index (χ2n) is 7.73. The van der Waals surface area contributed by atoms with Crippen molar-refractivity contribution < 1.29 is 19.4 Å². The summed E-state index contributed by atoms with van der Waals surface area (Å²) >= 11 is 0. The van der Waals surface area contributed by atoms with Crippen LogP contribution in [0.1, 0.15) is 39.0 Å². The molecule has 1 aromatic rings. The molecule has 1 aliphatic heterocycles. The zero-order valence-corrected chi connectivity index (χ0v) is 15.1. The number of para-hydroxylation sites is 1. The maximum Gasteiger partial charge on any atom is 0.228 e. The Kier molecular flexibility index (Phi) is 5.64. The molecule has 2 fully saturated rings. The molecule has 0 bridgehead atoms. The predicted octanol–water partition coefficient (Wildman–Crippen LogP) is 2.63. The topological polar surface area (TPSA) is 59.0 Å². The zero-order chi connectivity index (χ0) is 17.8. The van der Waals surface area contributed by atoms with Gasteiger partial charge in [-0.1, -0.05) is 44.4 Å². The van der Waals surface area contributed by atoms with Crippen molar-refractivity contribution in [2.24, 2.45) is 5.41 Å². The third-order valence-corrected chi connectivity index (χ3v) is 5.37. The first-order chi connectivity index (χ1) is 12.0. The van der Waals surface area contributed by atoms with Crippen molar-refractivity contribution in [2.45, 2.75) is 44.6 Å². The quantitative estimate of drug-likeness (QED) is 0.910. The van der Waals surface area contributed by atoms with Gasteiger partial charge in [0.15, 0.2) is 0 Å². The average molecular weight is 347 g/mol. The number of hydrogen-bond acceptors (Lipinski definition) is 4. The Labute approximate surface area is 149 Å². The number of benzene rings is 1. The van der Waals surface area contributed by atoms with E-state index in [-0.39, 0.29) is 31.1 Å². The lowest BCUT2D eigenvalue weighted by molar-refractivity contribution is -0.146. The van der Waals surface area contributed by atoms with E-state index in [1.54, 1.807) is 4.90 Å². The molecule has 1 heterocycles. The largest absolute Gasteiger partial charge is 0.490 e. The third kappa shape index (κ3) is 4.53. The molecule has 1 unspecified atom stereocenters. The first-order valence-electron chi connectivity index (χ1n) is 9.28. The van der Waals surface area contributed by atoms with E-state index < -0.39 is 5.60 Å². The first kappa shape index (κ1) is 18.2. The monoisotopic (exact) mass is 347 g/mol. The molecule has 1 amide bonds. The van der Waals surface area contributed by atoms with Gasteiger partial charge in [-0.25, -0.2) is 0 Å². The van der Waals surface area contributed by atoms with Crippen LogP contribution in [0.2, 0.25) is 0 Å². The summed E-state index contributed by atoms with van der Waals surface area (Å²) in [6.45, 7) is 3.60. The summed E-state index contributed by atoms with van der Waals surface area (Å²) in [5, 5.41) is 11.0. The fourth-order valence-electron chi connectivity index (χ4n) is 3.84. The fraction of sp³-hybridized carbons (Fsp3) is 0.650. The van der Waals surface area contributed by atoms with Gasteiger partial charge in [0.25, 0.3) is 0 Å². The second kappa shape index (κ2) is 7.75. The van der Waals surface area contributed by atoms with Gasteiger partial charge in [0.05, 0.1) is 19.8 Å². The van der Waals surface area contributed by atoms with Crippen molar-refractivity contribution in [1.29, 1.82) is 0 Å². The van der Waals surface area contributed by atoms with Crippen LogP contribution in [0.5, 0.6) is 5.75 Å². The lowest BCUT2D eigenvalue weighted by atomic mass is 9.74. The molecule has 3 rings (SSSR count). The van der Waals surface area contributed by atoms with E-state index in [1.165, 1.54) is 6.42 Å². The number of ether oxygens (including phenoxy) is 2. The van der Waals surface area contributed by atoms with Crippen LogP contribution in [0.15, 0.2) is 30.3 Å². The maximum atomic E-state index is 13.1. The maximum absolute atomic E-state index is 13.1. The van der Waals surface area contributed by atoms with E-state index in [2.05, 4.69) is 6.92 Å². The normalized spacial score (nSPS) is 26.7. The van der Waals surface area contributed by atoms with Crippen LogP contribution < -0.4 is 4.74 Å². The Morgan fingerprint density at radius 3 is 2.68 bits per heavy atom. The molecule has 138 valence electrons. The Morgan fingerprint density at radius 2 is 1.96 bits per heavy atom. The fourth-order valence-corrected chi connectivity index (χ4v) is 3.84. The van der Waals surface area contributed by atoms with Crippen molar-refractivity contribution in [3.63, 3.8) is 0 Å². The molecular weight excluding hydrogens is 318 g/mol. The van der Waals surface area contributed by atoms with Crippen LogP contribution in [0, 0.1) is 5.41 Å². The minimum atomic E-state index is -1.19. The highest BCUT2D eigenvalue weighted by Gasteiger charge is 2.42. The van der Waals surface area contributed by atoms with Crippen LogP contribution in [-0.4, -0.2) is 54.4 Å². The van der Waals surface area contributed by atoms with Crippen molar-refractivity contribution in [3.05, 3.63) is 30.3 Å². The van der Waals surface area contributed by atoms with Gasteiger partial charge in [-0.15, -0.1) is 0 Å². The third-order valence-electron chi connectivity index (χ3n) is 5.37. The van der Waals surface area contributed by atoms with Gasteiger partial charge in [0.2, 0.25) is 5.91 Å². The summed E-state index contributed by atoms with van der Waals surface area (Å²) in [6, 6.07) is 9.41. The molecule has 1 saturated heterocycles. The minimum Gasteiger partial charge on any atom is -0.490 e. The second-order valence-corrected chi connectivity index (χ2v) is 7.73. The number of aliphatic hydroxyl groups is 1. The van der Waals surface area contributed by atoms with Crippen LogP contribution in [0.3, 0.4) is 0 Å². The number of nitrogens with zero attached hydrogens (tertiary/aromatic N) is 1. The Hall–Kier alpha value is -1.59. The van der Waals surface area contributed by atoms with E-state index in [4.69, 9.17) is 9.47 Å². The molecule has 2 aliphatic rings. The highest BCUT2D eigenvalue weighted by Crippen LogP contribution is 2.38. The minimum absolute atomic E-state index is 0.109. The summed E-state index contributed by atoms with van der Waals surface area (Å²) < 4.78 is 11.3. The van der Waals surface area contributed by atoms with Gasteiger partial charge < -0.3 is 19.5 Å². The molecule has 5 nitrogen and oxygen atoms in total. The lowest BCUT2D eigenvalue weighted by Crippen LogP contribution is -2.53. The van der Waals surface area contributed by atoms with E-state index in [9.17, 15) is 9.90 Å². The summed E-state index contributed by atoms with van der Waals surface area (Å²) in [5.41, 5.74) is -1.49. The SMILES string of the molecule is CC1(C(=O)N2CCOCC(O)(COc3ccccc3)C2)CCCCC1. The van der Waals surface area contributed by atoms with Crippen molar-refractivity contribution in [2.75, 3.05) is 32.9 Å². The summed E-state index contributed by atoms with van der Waals surface area (Å²) in [4.78, 5) is 14.9.